The van der Waals surface area contributed by atoms with Gasteiger partial charge in [0.05, 0.1) is 19.6 Å². The van der Waals surface area contributed by atoms with Crippen molar-refractivity contribution < 1.29 is 14.3 Å². The number of nitrogens with one attached hydrogen (secondary N) is 1. The molecule has 1 N–H and O–H groups in total. The van der Waals surface area contributed by atoms with E-state index in [9.17, 15) is 9.59 Å². The van der Waals surface area contributed by atoms with E-state index in [1.165, 1.54) is 6.92 Å². The minimum atomic E-state index is -0.0491. The number of rotatable bonds is 5. The molecule has 6 heteroatoms. The molecule has 1 atom stereocenters. The average molecular weight is 353 g/mol. The molecule has 1 unspecified atom stereocenters. The van der Waals surface area contributed by atoms with Crippen molar-refractivity contribution in [3.8, 4) is 5.75 Å². The molecule has 0 radical (unpaired) electrons. The van der Waals surface area contributed by atoms with Crippen LogP contribution in [0.2, 0.25) is 0 Å². The highest BCUT2D eigenvalue weighted by Crippen LogP contribution is 2.25. The van der Waals surface area contributed by atoms with Gasteiger partial charge in [-0.1, -0.05) is 6.07 Å². The van der Waals surface area contributed by atoms with Crippen LogP contribution in [0.15, 0.2) is 42.7 Å². The van der Waals surface area contributed by atoms with Gasteiger partial charge >= 0.3 is 0 Å². The number of aromatic nitrogens is 1. The molecular formula is C20H23N3O3. The lowest BCUT2D eigenvalue weighted by Gasteiger charge is -2.36. The highest BCUT2D eigenvalue weighted by molar-refractivity contribution is 5.94. The number of pyridine rings is 1. The lowest BCUT2D eigenvalue weighted by molar-refractivity contribution is -0.133. The van der Waals surface area contributed by atoms with Gasteiger partial charge < -0.3 is 15.0 Å². The van der Waals surface area contributed by atoms with Crippen molar-refractivity contribution in [2.75, 3.05) is 26.7 Å². The normalized spacial score (nSPS) is 17.0. The van der Waals surface area contributed by atoms with Crippen LogP contribution in [0.25, 0.3) is 0 Å². The summed E-state index contributed by atoms with van der Waals surface area (Å²) < 4.78 is 5.38. The Kier molecular flexibility index (Phi) is 5.63. The number of ketones is 1. The Bertz CT molecular complexity index is 792. The molecule has 2 heterocycles. The molecular weight excluding hydrogens is 330 g/mol. The topological polar surface area (TPSA) is 71.5 Å². The van der Waals surface area contributed by atoms with Crippen LogP contribution < -0.4 is 10.1 Å². The number of hydrogen-bond acceptors (Lipinski definition) is 5. The highest BCUT2D eigenvalue weighted by atomic mass is 16.5. The van der Waals surface area contributed by atoms with Gasteiger partial charge in [-0.15, -0.1) is 0 Å². The molecule has 3 rings (SSSR count). The second kappa shape index (κ2) is 8.10. The molecule has 1 aliphatic heterocycles. The first-order chi connectivity index (χ1) is 12.6. The molecule has 0 bridgehead atoms. The van der Waals surface area contributed by atoms with Gasteiger partial charge in [-0.05, 0) is 36.8 Å². The Morgan fingerprint density at radius 1 is 1.35 bits per heavy atom. The van der Waals surface area contributed by atoms with Gasteiger partial charge in [0.15, 0.2) is 5.78 Å². The molecule has 2 aromatic rings. The molecule has 1 fully saturated rings. The molecule has 26 heavy (non-hydrogen) atoms. The van der Waals surface area contributed by atoms with Gasteiger partial charge in [0.1, 0.15) is 5.75 Å². The fourth-order valence-electron chi connectivity index (χ4n) is 3.27. The third kappa shape index (κ3) is 3.91. The predicted octanol–water partition coefficient (Wildman–Crippen LogP) is 2.01. The zero-order chi connectivity index (χ0) is 18.5. The van der Waals surface area contributed by atoms with Crippen LogP contribution in [0.3, 0.4) is 0 Å². The summed E-state index contributed by atoms with van der Waals surface area (Å²) in [5, 5.41) is 3.34. The van der Waals surface area contributed by atoms with E-state index >= 15 is 0 Å². The van der Waals surface area contributed by atoms with Crippen LogP contribution in [0.1, 0.15) is 34.5 Å². The first kappa shape index (κ1) is 18.1. The van der Waals surface area contributed by atoms with E-state index in [1.807, 2.05) is 17.0 Å². The van der Waals surface area contributed by atoms with Crippen molar-refractivity contribution in [1.29, 1.82) is 0 Å². The minimum Gasteiger partial charge on any atom is -0.496 e. The number of piperazine rings is 1. The summed E-state index contributed by atoms with van der Waals surface area (Å²) >= 11 is 0. The molecule has 1 aromatic heterocycles. The number of hydrogen-bond donors (Lipinski definition) is 1. The van der Waals surface area contributed by atoms with Crippen molar-refractivity contribution in [3.63, 3.8) is 0 Å². The average Bonchev–Trinajstić information content (AvgIpc) is 2.68. The Balaban J connectivity index is 1.84. The Hall–Kier alpha value is -2.73. The quantitative estimate of drug-likeness (QED) is 0.833. The molecule has 1 aliphatic rings. The maximum atomic E-state index is 13.0. The fourth-order valence-corrected chi connectivity index (χ4v) is 3.27. The monoisotopic (exact) mass is 353 g/mol. The fraction of sp³-hybridized carbons (Fsp3) is 0.350. The molecule has 1 amide bonds. The van der Waals surface area contributed by atoms with Crippen molar-refractivity contribution in [1.82, 2.24) is 15.2 Å². The van der Waals surface area contributed by atoms with Gasteiger partial charge in [0.25, 0.3) is 0 Å². The van der Waals surface area contributed by atoms with E-state index in [1.54, 1.807) is 37.7 Å². The number of ether oxygens (including phenoxy) is 1. The third-order valence-corrected chi connectivity index (χ3v) is 4.66. The SMILES string of the molecule is COc1ccc(C(C)=O)cc1CC(=O)N1CCNCC1c1cccnc1. The summed E-state index contributed by atoms with van der Waals surface area (Å²) in [5.41, 5.74) is 2.32. The summed E-state index contributed by atoms with van der Waals surface area (Å²) in [6.45, 7) is 3.60. The highest BCUT2D eigenvalue weighted by Gasteiger charge is 2.28. The molecule has 0 spiro atoms. The smallest absolute Gasteiger partial charge is 0.227 e. The summed E-state index contributed by atoms with van der Waals surface area (Å²) in [6, 6.07) is 9.04. The summed E-state index contributed by atoms with van der Waals surface area (Å²) in [5.74, 6) is 0.604. The van der Waals surface area contributed by atoms with Crippen molar-refractivity contribution >= 4 is 11.7 Å². The van der Waals surface area contributed by atoms with Crippen LogP contribution in [0.4, 0.5) is 0 Å². The van der Waals surface area contributed by atoms with Crippen LogP contribution in [-0.2, 0) is 11.2 Å². The maximum absolute atomic E-state index is 13.0. The minimum absolute atomic E-state index is 0.0133. The van der Waals surface area contributed by atoms with Gasteiger partial charge in [-0.25, -0.2) is 0 Å². The third-order valence-electron chi connectivity index (χ3n) is 4.66. The Morgan fingerprint density at radius 3 is 2.88 bits per heavy atom. The van der Waals surface area contributed by atoms with Gasteiger partial charge in [-0.3, -0.25) is 14.6 Å². The number of carbonyl (C=O) groups is 2. The summed E-state index contributed by atoms with van der Waals surface area (Å²) in [7, 11) is 1.57. The van der Waals surface area contributed by atoms with Gasteiger partial charge in [0.2, 0.25) is 5.91 Å². The molecule has 0 aliphatic carbocycles. The number of amides is 1. The van der Waals surface area contributed by atoms with E-state index in [0.29, 0.717) is 24.4 Å². The lowest BCUT2D eigenvalue weighted by Crippen LogP contribution is -2.49. The van der Waals surface area contributed by atoms with E-state index in [0.717, 1.165) is 17.7 Å². The van der Waals surface area contributed by atoms with Crippen molar-refractivity contribution in [2.45, 2.75) is 19.4 Å². The molecule has 6 nitrogen and oxygen atoms in total. The Labute approximate surface area is 153 Å². The predicted molar refractivity (Wildman–Crippen MR) is 98.3 cm³/mol. The number of nitrogens with zero attached hydrogens (tertiary/aromatic N) is 2. The number of Topliss-reactive ketones (excluding diaryl/α,β-unsaturated/α-hetero) is 1. The number of carbonyl (C=O) groups excluding carboxylic acids is 2. The zero-order valence-corrected chi connectivity index (χ0v) is 15.1. The van der Waals surface area contributed by atoms with E-state index in [2.05, 4.69) is 10.3 Å². The van der Waals surface area contributed by atoms with Crippen LogP contribution in [0.5, 0.6) is 5.75 Å². The second-order valence-corrected chi connectivity index (χ2v) is 6.35. The van der Waals surface area contributed by atoms with Crippen LogP contribution in [0, 0.1) is 0 Å². The van der Waals surface area contributed by atoms with Gasteiger partial charge in [0, 0.05) is 43.2 Å². The van der Waals surface area contributed by atoms with E-state index in [4.69, 9.17) is 4.74 Å². The molecule has 136 valence electrons. The van der Waals surface area contributed by atoms with Crippen LogP contribution >= 0.6 is 0 Å². The maximum Gasteiger partial charge on any atom is 0.227 e. The van der Waals surface area contributed by atoms with E-state index in [-0.39, 0.29) is 24.2 Å². The number of methoxy groups -OCH3 is 1. The van der Waals surface area contributed by atoms with Gasteiger partial charge in [-0.2, -0.15) is 0 Å². The largest absolute Gasteiger partial charge is 0.496 e. The molecule has 1 aromatic carbocycles. The van der Waals surface area contributed by atoms with Crippen molar-refractivity contribution in [3.05, 3.63) is 59.4 Å². The van der Waals surface area contributed by atoms with Crippen LogP contribution in [-0.4, -0.2) is 48.3 Å². The number of benzene rings is 1. The first-order valence-electron chi connectivity index (χ1n) is 8.68. The zero-order valence-electron chi connectivity index (χ0n) is 15.1. The van der Waals surface area contributed by atoms with E-state index < -0.39 is 0 Å². The van der Waals surface area contributed by atoms with Crippen molar-refractivity contribution in [2.24, 2.45) is 0 Å². The first-order valence-corrected chi connectivity index (χ1v) is 8.68. The standard InChI is InChI=1S/C20H23N3O3/c1-14(24)15-5-6-19(26-2)17(10-15)11-20(25)23-9-8-22-13-18(23)16-4-3-7-21-12-16/h3-7,10,12,18,22H,8-9,11,13H2,1-2H3. The summed E-state index contributed by atoms with van der Waals surface area (Å²) in [4.78, 5) is 30.8. The lowest BCUT2D eigenvalue weighted by atomic mass is 10.0. The molecule has 0 saturated carbocycles. The Morgan fingerprint density at radius 2 is 2.19 bits per heavy atom. The molecule has 1 saturated heterocycles. The second-order valence-electron chi connectivity index (χ2n) is 6.35. The summed E-state index contributed by atoms with van der Waals surface area (Å²) in [6.07, 6.45) is 3.72.